The number of phosphoric acid groups is 1. The predicted molar refractivity (Wildman–Crippen MR) is 250 cm³/mol. The minimum atomic E-state index is -4.04. The summed E-state index contributed by atoms with van der Waals surface area (Å²) in [6, 6.07) is 0. The molecule has 0 saturated carbocycles. The van der Waals surface area contributed by atoms with Gasteiger partial charge in [0.25, 0.3) is 0 Å². The van der Waals surface area contributed by atoms with Gasteiger partial charge in [-0.3, -0.25) is 13.9 Å². The summed E-state index contributed by atoms with van der Waals surface area (Å²) in [5.41, 5.74) is -0.546. The molecule has 0 bridgehead atoms. The number of likely N-dealkylation sites (N-methyl/N-ethyl adjacent to an activating group) is 1. The van der Waals surface area contributed by atoms with Gasteiger partial charge < -0.3 is 14.4 Å². The van der Waals surface area contributed by atoms with Crippen molar-refractivity contribution in [2.24, 2.45) is 5.41 Å². The van der Waals surface area contributed by atoms with E-state index in [4.69, 9.17) is 18.5 Å². The molecule has 1 N–H and O–H groups in total. The van der Waals surface area contributed by atoms with Crippen LogP contribution >= 0.6 is 7.82 Å². The van der Waals surface area contributed by atoms with Gasteiger partial charge in [-0.2, -0.15) is 0 Å². The zero-order chi connectivity index (χ0) is 42.9. The SMILES string of the molecule is CCCCC/C=C\C/C=C/CCCCCCCC1(CCCCCCCCCCCCCCCCCC)OC[C@H](C(C)(C)C(C)(C)N(C)CCOP(=O)(O)OCCC)O1. The smallest absolute Gasteiger partial charge is 0.347 e. The van der Waals surface area contributed by atoms with Crippen molar-refractivity contribution >= 4 is 7.82 Å². The molecule has 1 heterocycles. The molecule has 0 aromatic carbocycles. The lowest BCUT2D eigenvalue weighted by Crippen LogP contribution is -2.58. The molecule has 8 heteroatoms. The number of phosphoric ester groups is 1. The average molecular weight is 840 g/mol. The quantitative estimate of drug-likeness (QED) is 0.0373. The van der Waals surface area contributed by atoms with Crippen molar-refractivity contribution in [1.29, 1.82) is 0 Å². The lowest BCUT2D eigenvalue weighted by Gasteiger charge is -2.50. The van der Waals surface area contributed by atoms with Gasteiger partial charge in [-0.05, 0) is 72.3 Å². The van der Waals surface area contributed by atoms with Gasteiger partial charge in [0.2, 0.25) is 0 Å². The Kier molecular flexibility index (Phi) is 32.5. The highest BCUT2D eigenvalue weighted by Crippen LogP contribution is 2.47. The van der Waals surface area contributed by atoms with E-state index in [1.54, 1.807) is 0 Å². The molecule has 344 valence electrons. The number of rotatable bonds is 41. The van der Waals surface area contributed by atoms with Crippen LogP contribution in [-0.4, -0.2) is 60.6 Å². The fourth-order valence-electron chi connectivity index (χ4n) is 8.15. The number of hydrogen-bond donors (Lipinski definition) is 1. The van der Waals surface area contributed by atoms with Crippen molar-refractivity contribution in [3.8, 4) is 0 Å². The van der Waals surface area contributed by atoms with Gasteiger partial charge in [0.1, 0.15) is 0 Å². The van der Waals surface area contributed by atoms with E-state index in [0.29, 0.717) is 19.6 Å². The minimum Gasteiger partial charge on any atom is -0.347 e. The Balaban J connectivity index is 2.59. The summed E-state index contributed by atoms with van der Waals surface area (Å²) in [5.74, 6) is -0.511. The molecule has 2 unspecified atom stereocenters. The predicted octanol–water partition coefficient (Wildman–Crippen LogP) is 15.8. The van der Waals surface area contributed by atoms with E-state index in [-0.39, 0.29) is 30.3 Å². The summed E-state index contributed by atoms with van der Waals surface area (Å²) in [5, 5.41) is 0. The van der Waals surface area contributed by atoms with Crippen LogP contribution in [0.3, 0.4) is 0 Å². The average Bonchev–Trinajstić information content (AvgIpc) is 3.63. The third-order valence-corrected chi connectivity index (χ3v) is 14.3. The zero-order valence-corrected chi connectivity index (χ0v) is 40.7. The molecule has 0 spiro atoms. The van der Waals surface area contributed by atoms with Crippen molar-refractivity contribution in [1.82, 2.24) is 4.90 Å². The Labute approximate surface area is 361 Å². The normalized spacial score (nSPS) is 19.0. The van der Waals surface area contributed by atoms with E-state index in [1.165, 1.54) is 154 Å². The number of nitrogens with zero attached hydrogens (tertiary/aromatic N) is 1. The number of allylic oxidation sites excluding steroid dienone is 4. The minimum absolute atomic E-state index is 0.0540. The van der Waals surface area contributed by atoms with E-state index < -0.39 is 13.6 Å². The molecule has 1 rings (SSSR count). The topological polar surface area (TPSA) is 77.5 Å². The second-order valence-corrected chi connectivity index (χ2v) is 20.2. The van der Waals surface area contributed by atoms with Crippen LogP contribution in [0.5, 0.6) is 0 Å². The largest absolute Gasteiger partial charge is 0.472 e. The van der Waals surface area contributed by atoms with Crippen LogP contribution in [0, 0.1) is 5.41 Å². The third-order valence-electron chi connectivity index (χ3n) is 13.3. The van der Waals surface area contributed by atoms with Gasteiger partial charge in [-0.1, -0.05) is 187 Å². The van der Waals surface area contributed by atoms with Crippen LogP contribution in [-0.2, 0) is 23.1 Å². The Morgan fingerprint density at radius 3 is 1.52 bits per heavy atom. The van der Waals surface area contributed by atoms with Crippen LogP contribution in [0.1, 0.15) is 241 Å². The maximum atomic E-state index is 12.2. The molecule has 1 saturated heterocycles. The molecule has 58 heavy (non-hydrogen) atoms. The second kappa shape index (κ2) is 34.0. The molecule has 0 aromatic rings. The van der Waals surface area contributed by atoms with Crippen molar-refractivity contribution < 1.29 is 28.0 Å². The van der Waals surface area contributed by atoms with E-state index in [2.05, 4.69) is 77.8 Å². The molecule has 0 amide bonds. The summed E-state index contributed by atoms with van der Waals surface area (Å²) >= 11 is 0. The third kappa shape index (κ3) is 25.4. The zero-order valence-electron chi connectivity index (χ0n) is 39.8. The van der Waals surface area contributed by atoms with Crippen LogP contribution in [0.15, 0.2) is 24.3 Å². The fourth-order valence-corrected chi connectivity index (χ4v) is 8.95. The number of hydrogen-bond acceptors (Lipinski definition) is 6. The monoisotopic (exact) mass is 840 g/mol. The van der Waals surface area contributed by atoms with Gasteiger partial charge in [0, 0.05) is 30.3 Å². The second-order valence-electron chi connectivity index (χ2n) is 18.7. The van der Waals surface area contributed by atoms with Crippen molar-refractivity contribution in [2.45, 2.75) is 259 Å². The first-order valence-electron chi connectivity index (χ1n) is 24.8. The molecule has 0 aliphatic carbocycles. The lowest BCUT2D eigenvalue weighted by molar-refractivity contribution is -0.198. The summed E-state index contributed by atoms with van der Waals surface area (Å²) in [6.45, 7) is 16.9. The summed E-state index contributed by atoms with van der Waals surface area (Å²) in [7, 11) is -1.98. The van der Waals surface area contributed by atoms with Gasteiger partial charge in [-0.15, -0.1) is 0 Å². The summed E-state index contributed by atoms with van der Waals surface area (Å²) in [6.07, 6.45) is 47.4. The first-order valence-corrected chi connectivity index (χ1v) is 26.3. The van der Waals surface area contributed by atoms with E-state index in [0.717, 1.165) is 32.1 Å². The maximum absolute atomic E-state index is 12.2. The molecule has 3 atom stereocenters. The summed E-state index contributed by atoms with van der Waals surface area (Å²) in [4.78, 5) is 12.2. The van der Waals surface area contributed by atoms with Gasteiger partial charge in [0.15, 0.2) is 5.79 Å². The Hall–Kier alpha value is -0.530. The molecular formula is C50H98NO6P. The van der Waals surface area contributed by atoms with Crippen molar-refractivity contribution in [2.75, 3.05) is 33.4 Å². The fraction of sp³-hybridized carbons (Fsp3) is 0.920. The van der Waals surface area contributed by atoms with Crippen LogP contribution in [0.4, 0.5) is 0 Å². The molecule has 0 radical (unpaired) electrons. The van der Waals surface area contributed by atoms with Gasteiger partial charge >= 0.3 is 7.82 Å². The van der Waals surface area contributed by atoms with Gasteiger partial charge in [-0.25, -0.2) is 4.57 Å². The highest BCUT2D eigenvalue weighted by Gasteiger charge is 2.53. The highest BCUT2D eigenvalue weighted by atomic mass is 31.2. The first-order chi connectivity index (χ1) is 27.9. The van der Waals surface area contributed by atoms with E-state index >= 15 is 0 Å². The number of unbranched alkanes of at least 4 members (excludes halogenated alkanes) is 23. The maximum Gasteiger partial charge on any atom is 0.472 e. The highest BCUT2D eigenvalue weighted by molar-refractivity contribution is 7.47. The summed E-state index contributed by atoms with van der Waals surface area (Å²) < 4.78 is 36.4. The van der Waals surface area contributed by atoms with Crippen LogP contribution in [0.25, 0.3) is 0 Å². The van der Waals surface area contributed by atoms with Crippen molar-refractivity contribution in [3.05, 3.63) is 24.3 Å². The number of ether oxygens (including phenoxy) is 2. The van der Waals surface area contributed by atoms with Gasteiger partial charge in [0.05, 0.1) is 25.9 Å². The molecule has 7 nitrogen and oxygen atoms in total. The molecule has 1 aliphatic heterocycles. The Morgan fingerprint density at radius 1 is 0.621 bits per heavy atom. The Bertz CT molecular complexity index is 1060. The van der Waals surface area contributed by atoms with Crippen LogP contribution in [0.2, 0.25) is 0 Å². The molecular weight excluding hydrogens is 742 g/mol. The first kappa shape index (κ1) is 55.5. The standard InChI is InChI=1S/C50H98NO6P/c1-9-12-14-16-18-20-22-24-26-28-30-32-34-36-38-40-42-50(41-39-37-35-33-31-29-27-25-23-21-19-17-15-13-10-2)54-46-47(57-50)48(4,5)49(6,7)51(8)43-45-56-58(52,53)55-44-11-3/h19,21,25,27,47H,9-18,20,22-24,26,28-46H2,1-8H3,(H,52,53)/b21-19-,27-25+/t47-,50?/m1/s1. The molecule has 1 aliphatic rings. The van der Waals surface area contributed by atoms with E-state index in [1.807, 2.05) is 6.92 Å². The van der Waals surface area contributed by atoms with E-state index in [9.17, 15) is 9.46 Å². The molecule has 1 fully saturated rings. The van der Waals surface area contributed by atoms with Crippen LogP contribution < -0.4 is 0 Å². The molecule has 0 aromatic heterocycles. The lowest BCUT2D eigenvalue weighted by atomic mass is 9.69. The van der Waals surface area contributed by atoms with Crippen molar-refractivity contribution in [3.63, 3.8) is 0 Å². The Morgan fingerprint density at radius 2 is 1.03 bits per heavy atom.